The molecular formula is C10H11FO. The van der Waals surface area contributed by atoms with E-state index in [2.05, 4.69) is 0 Å². The Morgan fingerprint density at radius 2 is 2.42 bits per heavy atom. The first-order chi connectivity index (χ1) is 5.77. The molecule has 0 aromatic carbocycles. The molecule has 0 saturated carbocycles. The highest BCUT2D eigenvalue weighted by Crippen LogP contribution is 2.18. The van der Waals surface area contributed by atoms with Crippen LogP contribution in [0.3, 0.4) is 0 Å². The lowest BCUT2D eigenvalue weighted by Crippen LogP contribution is -1.84. The first-order valence-electron chi connectivity index (χ1n) is 3.99. The zero-order valence-electron chi connectivity index (χ0n) is 7.01. The molecule has 2 heteroatoms. The average Bonchev–Trinajstić information content (AvgIpc) is 2.27. The highest BCUT2D eigenvalue weighted by molar-refractivity contribution is 5.79. The molecule has 0 N–H and O–H groups in total. The van der Waals surface area contributed by atoms with Gasteiger partial charge in [-0.1, -0.05) is 19.1 Å². The van der Waals surface area contributed by atoms with E-state index in [-0.39, 0.29) is 17.8 Å². The van der Waals surface area contributed by atoms with Crippen molar-refractivity contribution in [1.82, 2.24) is 0 Å². The van der Waals surface area contributed by atoms with Crippen molar-refractivity contribution in [3.05, 3.63) is 35.2 Å². The van der Waals surface area contributed by atoms with Crippen molar-refractivity contribution >= 4 is 6.29 Å². The first-order valence-corrected chi connectivity index (χ1v) is 3.99. The maximum Gasteiger partial charge on any atom is 0.152 e. The molecule has 64 valence electrons. The summed E-state index contributed by atoms with van der Waals surface area (Å²) >= 11 is 0. The van der Waals surface area contributed by atoms with Gasteiger partial charge in [-0.25, -0.2) is 4.39 Å². The Morgan fingerprint density at radius 1 is 1.67 bits per heavy atom. The van der Waals surface area contributed by atoms with Crippen molar-refractivity contribution in [3.8, 4) is 0 Å². The van der Waals surface area contributed by atoms with E-state index in [1.165, 1.54) is 0 Å². The van der Waals surface area contributed by atoms with Gasteiger partial charge in [0, 0.05) is 12.0 Å². The van der Waals surface area contributed by atoms with E-state index in [1.54, 1.807) is 12.2 Å². The van der Waals surface area contributed by atoms with Crippen molar-refractivity contribution in [1.29, 1.82) is 0 Å². The summed E-state index contributed by atoms with van der Waals surface area (Å²) in [5.74, 6) is -0.343. The molecule has 0 saturated heterocycles. The Balaban J connectivity index is 3.01. The standard InChI is InChI=1S/C10H11FO/c1-2-8-4-3-5-10(11)9(6-8)7-12/h3-4,6-7H,2,5H2,1H3. The van der Waals surface area contributed by atoms with Crippen molar-refractivity contribution < 1.29 is 9.18 Å². The van der Waals surface area contributed by atoms with E-state index in [0.717, 1.165) is 12.0 Å². The normalized spacial score (nSPS) is 17.3. The maximum absolute atomic E-state index is 13.0. The summed E-state index contributed by atoms with van der Waals surface area (Å²) < 4.78 is 13.0. The fourth-order valence-corrected chi connectivity index (χ4v) is 1.08. The van der Waals surface area contributed by atoms with Crippen LogP contribution in [-0.2, 0) is 4.79 Å². The molecule has 12 heavy (non-hydrogen) atoms. The van der Waals surface area contributed by atoms with E-state index in [1.807, 2.05) is 13.0 Å². The maximum atomic E-state index is 13.0. The van der Waals surface area contributed by atoms with Gasteiger partial charge in [0.1, 0.15) is 5.83 Å². The van der Waals surface area contributed by atoms with Gasteiger partial charge in [0.2, 0.25) is 0 Å². The van der Waals surface area contributed by atoms with Crippen LogP contribution >= 0.6 is 0 Å². The molecule has 1 aliphatic rings. The minimum absolute atomic E-state index is 0.178. The number of carbonyl (C=O) groups excluding carboxylic acids is 1. The summed E-state index contributed by atoms with van der Waals surface area (Å²) in [5, 5.41) is 0. The Hall–Kier alpha value is -1.18. The number of allylic oxidation sites excluding steroid dienone is 6. The molecule has 0 atom stereocenters. The van der Waals surface area contributed by atoms with Gasteiger partial charge >= 0.3 is 0 Å². The Morgan fingerprint density at radius 3 is 3.00 bits per heavy atom. The predicted octanol–water partition coefficient (Wildman–Crippen LogP) is 2.71. The van der Waals surface area contributed by atoms with E-state index in [9.17, 15) is 9.18 Å². The predicted molar refractivity (Wildman–Crippen MR) is 46.3 cm³/mol. The van der Waals surface area contributed by atoms with Crippen LogP contribution in [0.15, 0.2) is 35.2 Å². The zero-order valence-corrected chi connectivity index (χ0v) is 7.01. The second kappa shape index (κ2) is 4.00. The van der Waals surface area contributed by atoms with Crippen LogP contribution in [0, 0.1) is 0 Å². The smallest absolute Gasteiger partial charge is 0.152 e. The van der Waals surface area contributed by atoms with Gasteiger partial charge in [0.25, 0.3) is 0 Å². The molecule has 1 rings (SSSR count). The topological polar surface area (TPSA) is 17.1 Å². The van der Waals surface area contributed by atoms with Crippen molar-refractivity contribution in [2.75, 3.05) is 0 Å². The van der Waals surface area contributed by atoms with Crippen LogP contribution in [0.25, 0.3) is 0 Å². The van der Waals surface area contributed by atoms with Gasteiger partial charge in [0.05, 0.1) is 0 Å². The van der Waals surface area contributed by atoms with Crippen LogP contribution in [-0.4, -0.2) is 6.29 Å². The molecule has 0 heterocycles. The van der Waals surface area contributed by atoms with Crippen molar-refractivity contribution in [2.24, 2.45) is 0 Å². The summed E-state index contributed by atoms with van der Waals surface area (Å²) in [6.07, 6.45) is 6.82. The molecule has 0 aromatic heterocycles. The first kappa shape index (κ1) is 8.91. The third-order valence-electron chi connectivity index (χ3n) is 1.82. The van der Waals surface area contributed by atoms with Crippen LogP contribution in [0.2, 0.25) is 0 Å². The molecule has 1 nitrogen and oxygen atoms in total. The van der Waals surface area contributed by atoms with Gasteiger partial charge in [0.15, 0.2) is 6.29 Å². The Bertz CT molecular complexity index is 272. The van der Waals surface area contributed by atoms with Crippen LogP contribution < -0.4 is 0 Å². The molecule has 0 bridgehead atoms. The van der Waals surface area contributed by atoms with Crippen LogP contribution in [0.1, 0.15) is 19.8 Å². The minimum Gasteiger partial charge on any atom is -0.298 e. The number of hydrogen-bond acceptors (Lipinski definition) is 1. The second-order valence-electron chi connectivity index (χ2n) is 2.66. The third-order valence-corrected chi connectivity index (χ3v) is 1.82. The van der Waals surface area contributed by atoms with Gasteiger partial charge in [-0.05, 0) is 18.1 Å². The van der Waals surface area contributed by atoms with E-state index >= 15 is 0 Å². The fraction of sp³-hybridized carbons (Fsp3) is 0.300. The van der Waals surface area contributed by atoms with Gasteiger partial charge in [-0.15, -0.1) is 0 Å². The molecule has 0 amide bonds. The number of rotatable bonds is 2. The summed E-state index contributed by atoms with van der Waals surface area (Å²) in [5.41, 5.74) is 1.17. The molecule has 0 spiro atoms. The second-order valence-corrected chi connectivity index (χ2v) is 2.66. The molecule has 0 aromatic rings. The quantitative estimate of drug-likeness (QED) is 0.576. The lowest BCUT2D eigenvalue weighted by atomic mass is 10.1. The van der Waals surface area contributed by atoms with Gasteiger partial charge in [-0.3, -0.25) is 4.79 Å². The van der Waals surface area contributed by atoms with Crippen molar-refractivity contribution in [2.45, 2.75) is 19.8 Å². The lowest BCUT2D eigenvalue weighted by molar-refractivity contribution is -0.104. The summed E-state index contributed by atoms with van der Waals surface area (Å²) in [7, 11) is 0. The van der Waals surface area contributed by atoms with E-state index < -0.39 is 0 Å². The highest BCUT2D eigenvalue weighted by atomic mass is 19.1. The highest BCUT2D eigenvalue weighted by Gasteiger charge is 2.05. The Labute approximate surface area is 71.3 Å². The molecule has 0 fully saturated rings. The van der Waals surface area contributed by atoms with Gasteiger partial charge in [-0.2, -0.15) is 0 Å². The zero-order chi connectivity index (χ0) is 8.97. The summed E-state index contributed by atoms with van der Waals surface area (Å²) in [6, 6.07) is 0. The fourth-order valence-electron chi connectivity index (χ4n) is 1.08. The SMILES string of the molecule is CCC1=CC(C=O)=C(F)CC=C1. The summed E-state index contributed by atoms with van der Waals surface area (Å²) in [6.45, 7) is 1.97. The van der Waals surface area contributed by atoms with E-state index in [0.29, 0.717) is 6.29 Å². The molecular weight excluding hydrogens is 155 g/mol. The third kappa shape index (κ3) is 1.91. The van der Waals surface area contributed by atoms with Gasteiger partial charge < -0.3 is 0 Å². The molecule has 0 unspecified atom stereocenters. The minimum atomic E-state index is -0.343. The summed E-state index contributed by atoms with van der Waals surface area (Å²) in [4.78, 5) is 10.4. The largest absolute Gasteiger partial charge is 0.298 e. The van der Waals surface area contributed by atoms with Crippen LogP contribution in [0.4, 0.5) is 4.39 Å². The molecule has 0 aliphatic heterocycles. The number of aldehydes is 1. The molecule has 1 aliphatic carbocycles. The van der Waals surface area contributed by atoms with E-state index in [4.69, 9.17) is 0 Å². The van der Waals surface area contributed by atoms with Crippen molar-refractivity contribution in [3.63, 3.8) is 0 Å². The number of hydrogen-bond donors (Lipinski definition) is 0. The lowest BCUT2D eigenvalue weighted by Gasteiger charge is -1.94. The number of halogens is 1. The average molecular weight is 166 g/mol. The monoisotopic (exact) mass is 166 g/mol. The molecule has 0 radical (unpaired) electrons. The van der Waals surface area contributed by atoms with Crippen LogP contribution in [0.5, 0.6) is 0 Å². The number of carbonyl (C=O) groups is 1. The Kier molecular flexibility index (Phi) is 2.97.